The number of thioether (sulfide) groups is 1. The molecule has 0 bridgehead atoms. The maximum Gasteiger partial charge on any atom is 0.264 e. The van der Waals surface area contributed by atoms with Gasteiger partial charge in [-0.25, -0.2) is 15.1 Å². The van der Waals surface area contributed by atoms with Gasteiger partial charge in [0.25, 0.3) is 5.95 Å². The van der Waals surface area contributed by atoms with E-state index in [0.717, 1.165) is 28.8 Å². The molecule has 0 aliphatic rings. The van der Waals surface area contributed by atoms with E-state index in [1.807, 2.05) is 31.2 Å². The quantitative estimate of drug-likeness (QED) is 0.221. The molecule has 10 nitrogen and oxygen atoms in total. The zero-order valence-electron chi connectivity index (χ0n) is 15.9. The number of methoxy groups -OCH3 is 1. The van der Waals surface area contributed by atoms with Gasteiger partial charge in [0.15, 0.2) is 0 Å². The molecule has 4 N–H and O–H groups in total. The summed E-state index contributed by atoms with van der Waals surface area (Å²) in [5, 5.41) is 15.3. The van der Waals surface area contributed by atoms with E-state index in [9.17, 15) is 4.79 Å². The number of hydrogen-bond acceptors (Lipinski definition) is 9. The lowest BCUT2D eigenvalue weighted by atomic mass is 10.1. The third kappa shape index (κ3) is 5.45. The van der Waals surface area contributed by atoms with Crippen LogP contribution in [-0.4, -0.2) is 44.3 Å². The zero-order valence-corrected chi connectivity index (χ0v) is 16.7. The molecule has 0 aliphatic heterocycles. The Morgan fingerprint density at radius 1 is 1.24 bits per heavy atom. The van der Waals surface area contributed by atoms with Crippen molar-refractivity contribution in [1.82, 2.24) is 19.9 Å². The Labute approximate surface area is 171 Å². The van der Waals surface area contributed by atoms with E-state index < -0.39 is 0 Å². The minimum atomic E-state index is -0.223. The number of nitrogens with two attached hydrogens (primary N) is 1. The number of pyridine rings is 1. The molecule has 1 aromatic carbocycles. The monoisotopic (exact) mass is 412 g/mol. The summed E-state index contributed by atoms with van der Waals surface area (Å²) in [6.07, 6.45) is 1.60. The van der Waals surface area contributed by atoms with E-state index in [4.69, 9.17) is 10.6 Å². The van der Waals surface area contributed by atoms with Gasteiger partial charge in [0.05, 0.1) is 18.6 Å². The van der Waals surface area contributed by atoms with Crippen molar-refractivity contribution >= 4 is 35.1 Å². The fourth-order valence-corrected chi connectivity index (χ4v) is 2.88. The molecule has 0 fully saturated rings. The van der Waals surface area contributed by atoms with E-state index in [1.165, 1.54) is 4.68 Å². The van der Waals surface area contributed by atoms with Crippen LogP contribution >= 0.6 is 11.8 Å². The topological polar surface area (TPSA) is 132 Å². The molecule has 2 heterocycles. The number of nitrogens with one attached hydrogen (secondary N) is 2. The Balaban J connectivity index is 1.56. The van der Waals surface area contributed by atoms with Gasteiger partial charge in [-0.3, -0.25) is 4.79 Å². The first-order valence-electron chi connectivity index (χ1n) is 8.55. The Bertz CT molecular complexity index is 989. The molecule has 1 amide bonds. The molecular weight excluding hydrogens is 392 g/mol. The lowest BCUT2D eigenvalue weighted by Gasteiger charge is -2.05. The predicted octanol–water partition coefficient (Wildman–Crippen LogP) is 1.96. The van der Waals surface area contributed by atoms with Crippen molar-refractivity contribution in [3.63, 3.8) is 0 Å². The number of nitrogens with zero attached hydrogens (tertiary/aromatic N) is 5. The first kappa shape index (κ1) is 20.1. The Morgan fingerprint density at radius 2 is 2.03 bits per heavy atom. The van der Waals surface area contributed by atoms with Gasteiger partial charge in [-0.2, -0.15) is 5.10 Å². The van der Waals surface area contributed by atoms with Crippen molar-refractivity contribution in [3.8, 4) is 5.75 Å². The van der Waals surface area contributed by atoms with Crippen LogP contribution in [-0.2, 0) is 4.79 Å². The molecular formula is C18H20N8O2S. The third-order valence-corrected chi connectivity index (χ3v) is 4.70. The number of carbonyl (C=O) groups is 1. The second-order valence-corrected chi connectivity index (χ2v) is 6.71. The molecule has 150 valence electrons. The molecule has 2 aromatic heterocycles. The number of nitrogen functional groups attached to an aromatic ring is 1. The van der Waals surface area contributed by atoms with Crippen LogP contribution in [0.3, 0.4) is 0 Å². The van der Waals surface area contributed by atoms with Gasteiger partial charge < -0.3 is 15.9 Å². The van der Waals surface area contributed by atoms with E-state index >= 15 is 0 Å². The molecule has 0 aliphatic carbocycles. The van der Waals surface area contributed by atoms with Crippen LogP contribution in [0.5, 0.6) is 5.75 Å². The standard InChI is InChI=1S/C18H20N8O2S/c1-12(13-6-8-14(28-2)9-7-13)22-23-17-24-25-18(26(17)19)29-11-16(27)21-15-5-3-4-10-20-15/h3-10H,11,19H2,1-2H3,(H,23,24)(H,20,21,27)/b22-12+. The molecule has 0 saturated carbocycles. The number of carbonyl (C=O) groups excluding carboxylic acids is 1. The van der Waals surface area contributed by atoms with Gasteiger partial charge in [0.1, 0.15) is 11.6 Å². The summed E-state index contributed by atoms with van der Waals surface area (Å²) in [5.74, 6) is 7.38. The van der Waals surface area contributed by atoms with Gasteiger partial charge in [-0.05, 0) is 48.9 Å². The molecule has 0 spiro atoms. The number of ether oxygens (including phenoxy) is 1. The van der Waals surface area contributed by atoms with Crippen molar-refractivity contribution in [1.29, 1.82) is 0 Å². The minimum Gasteiger partial charge on any atom is -0.497 e. The summed E-state index contributed by atoms with van der Waals surface area (Å²) in [6, 6.07) is 12.8. The lowest BCUT2D eigenvalue weighted by molar-refractivity contribution is -0.113. The molecule has 11 heteroatoms. The summed E-state index contributed by atoms with van der Waals surface area (Å²) < 4.78 is 6.38. The maximum absolute atomic E-state index is 12.0. The van der Waals surface area contributed by atoms with Crippen molar-refractivity contribution in [2.24, 2.45) is 5.10 Å². The van der Waals surface area contributed by atoms with Crippen LogP contribution in [0.25, 0.3) is 0 Å². The normalized spacial score (nSPS) is 11.2. The van der Waals surface area contributed by atoms with Gasteiger partial charge in [0, 0.05) is 6.20 Å². The highest BCUT2D eigenvalue weighted by molar-refractivity contribution is 7.99. The van der Waals surface area contributed by atoms with Crippen LogP contribution < -0.4 is 21.3 Å². The molecule has 0 saturated heterocycles. The largest absolute Gasteiger partial charge is 0.497 e. The fraction of sp³-hybridized carbons (Fsp3) is 0.167. The number of benzene rings is 1. The van der Waals surface area contributed by atoms with Gasteiger partial charge in [-0.15, -0.1) is 10.2 Å². The molecule has 0 atom stereocenters. The average molecular weight is 412 g/mol. The zero-order chi connectivity index (χ0) is 20.6. The number of aromatic nitrogens is 4. The summed E-state index contributed by atoms with van der Waals surface area (Å²) in [6.45, 7) is 1.85. The molecule has 29 heavy (non-hydrogen) atoms. The summed E-state index contributed by atoms with van der Waals surface area (Å²) >= 11 is 1.15. The fourth-order valence-electron chi connectivity index (χ4n) is 2.23. The van der Waals surface area contributed by atoms with E-state index in [0.29, 0.717) is 11.0 Å². The Morgan fingerprint density at radius 3 is 2.72 bits per heavy atom. The number of amides is 1. The summed E-state index contributed by atoms with van der Waals surface area (Å²) in [7, 11) is 1.61. The lowest BCUT2D eigenvalue weighted by Crippen LogP contribution is -2.17. The first-order valence-corrected chi connectivity index (χ1v) is 9.54. The predicted molar refractivity (Wildman–Crippen MR) is 113 cm³/mol. The molecule has 0 radical (unpaired) electrons. The smallest absolute Gasteiger partial charge is 0.264 e. The third-order valence-electron chi connectivity index (χ3n) is 3.76. The van der Waals surface area contributed by atoms with Crippen LogP contribution in [0.15, 0.2) is 58.9 Å². The highest BCUT2D eigenvalue weighted by atomic mass is 32.2. The van der Waals surface area contributed by atoms with Gasteiger partial charge in [0.2, 0.25) is 11.1 Å². The molecule has 0 unspecified atom stereocenters. The number of hydrogen-bond donors (Lipinski definition) is 3. The van der Waals surface area contributed by atoms with Crippen LogP contribution in [0.4, 0.5) is 11.8 Å². The average Bonchev–Trinajstić information content (AvgIpc) is 3.10. The van der Waals surface area contributed by atoms with Gasteiger partial charge in [-0.1, -0.05) is 17.8 Å². The minimum absolute atomic E-state index is 0.111. The van der Waals surface area contributed by atoms with Crippen LogP contribution in [0.1, 0.15) is 12.5 Å². The van der Waals surface area contributed by atoms with Crippen molar-refractivity contribution in [2.75, 3.05) is 29.4 Å². The Hall–Kier alpha value is -3.60. The first-order chi connectivity index (χ1) is 14.1. The van der Waals surface area contributed by atoms with E-state index in [2.05, 4.69) is 31.0 Å². The van der Waals surface area contributed by atoms with Gasteiger partial charge >= 0.3 is 0 Å². The highest BCUT2D eigenvalue weighted by Crippen LogP contribution is 2.17. The SMILES string of the molecule is COc1ccc(/C(C)=N/Nc2nnc(SCC(=O)Nc3ccccn3)n2N)cc1. The number of hydrazone groups is 1. The van der Waals surface area contributed by atoms with Crippen molar-refractivity contribution in [3.05, 3.63) is 54.2 Å². The van der Waals surface area contributed by atoms with Crippen LogP contribution in [0, 0.1) is 0 Å². The molecule has 3 aromatic rings. The van der Waals surface area contributed by atoms with Crippen molar-refractivity contribution < 1.29 is 9.53 Å². The maximum atomic E-state index is 12.0. The van der Waals surface area contributed by atoms with E-state index in [-0.39, 0.29) is 17.6 Å². The number of anilines is 2. The summed E-state index contributed by atoms with van der Waals surface area (Å²) in [4.78, 5) is 16.0. The Kier molecular flexibility index (Phi) is 6.63. The number of rotatable bonds is 8. The summed E-state index contributed by atoms with van der Waals surface area (Å²) in [5.41, 5.74) is 4.44. The second-order valence-electron chi connectivity index (χ2n) is 5.77. The van der Waals surface area contributed by atoms with E-state index in [1.54, 1.807) is 31.5 Å². The van der Waals surface area contributed by atoms with Crippen LogP contribution in [0.2, 0.25) is 0 Å². The molecule has 3 rings (SSSR count). The highest BCUT2D eigenvalue weighted by Gasteiger charge is 2.12. The second kappa shape index (κ2) is 9.55. The van der Waals surface area contributed by atoms with Crippen molar-refractivity contribution in [2.45, 2.75) is 12.1 Å².